The van der Waals surface area contributed by atoms with E-state index in [1.807, 2.05) is 11.0 Å². The maximum atomic E-state index is 11.3. The van der Waals surface area contributed by atoms with Crippen molar-refractivity contribution in [2.24, 2.45) is 5.73 Å². The molecule has 21 heavy (non-hydrogen) atoms. The van der Waals surface area contributed by atoms with Crippen LogP contribution in [0.25, 0.3) is 0 Å². The summed E-state index contributed by atoms with van der Waals surface area (Å²) in [6.45, 7) is 0.662. The molecule has 1 saturated carbocycles. The van der Waals surface area contributed by atoms with Crippen LogP contribution >= 0.6 is 15.9 Å². The number of rotatable bonds is 6. The largest absolute Gasteiger partial charge is 0.369 e. The second kappa shape index (κ2) is 7.00. The number of nitrogens with zero attached hydrogens (tertiary/aromatic N) is 2. The maximum Gasteiger partial charge on any atom is 0.283 e. The molecule has 114 valence electrons. The van der Waals surface area contributed by atoms with Crippen molar-refractivity contribution < 1.29 is 9.72 Å². The van der Waals surface area contributed by atoms with Gasteiger partial charge in [-0.1, -0.05) is 25.0 Å². The van der Waals surface area contributed by atoms with E-state index >= 15 is 0 Å². The molecule has 0 unspecified atom stereocenters. The Morgan fingerprint density at radius 3 is 2.67 bits per heavy atom. The molecule has 0 atom stereocenters. The van der Waals surface area contributed by atoms with Gasteiger partial charge in [-0.05, 0) is 34.3 Å². The zero-order valence-corrected chi connectivity index (χ0v) is 13.2. The van der Waals surface area contributed by atoms with Crippen LogP contribution in [0.1, 0.15) is 31.2 Å². The number of carbonyl (C=O) groups excluding carboxylic acids is 1. The van der Waals surface area contributed by atoms with Gasteiger partial charge in [0.1, 0.15) is 0 Å². The summed E-state index contributed by atoms with van der Waals surface area (Å²) in [4.78, 5) is 23.9. The number of hydrogen-bond acceptors (Lipinski definition) is 4. The molecule has 0 heterocycles. The molecular weight excluding hydrogens is 338 g/mol. The van der Waals surface area contributed by atoms with Crippen LogP contribution in [0.5, 0.6) is 0 Å². The SMILES string of the molecule is NC(=O)CN(Cc1cccc([N+](=O)[O-])c1Br)C1CCCC1. The quantitative estimate of drug-likeness (QED) is 0.627. The van der Waals surface area contributed by atoms with Gasteiger partial charge in [0.05, 0.1) is 15.9 Å². The minimum Gasteiger partial charge on any atom is -0.369 e. The summed E-state index contributed by atoms with van der Waals surface area (Å²) in [5.74, 6) is -0.372. The Balaban J connectivity index is 2.21. The molecule has 0 spiro atoms. The first-order chi connectivity index (χ1) is 9.99. The third kappa shape index (κ3) is 4.01. The molecule has 6 nitrogen and oxygen atoms in total. The van der Waals surface area contributed by atoms with Crippen molar-refractivity contribution in [1.82, 2.24) is 4.90 Å². The first-order valence-electron chi connectivity index (χ1n) is 6.93. The molecule has 1 aliphatic carbocycles. The molecule has 2 rings (SSSR count). The van der Waals surface area contributed by atoms with E-state index in [2.05, 4.69) is 15.9 Å². The lowest BCUT2D eigenvalue weighted by atomic mass is 10.1. The molecule has 1 amide bonds. The Hall–Kier alpha value is -1.47. The van der Waals surface area contributed by atoms with Gasteiger partial charge in [-0.15, -0.1) is 0 Å². The molecule has 1 aromatic carbocycles. The van der Waals surface area contributed by atoms with Crippen molar-refractivity contribution in [2.45, 2.75) is 38.3 Å². The second-order valence-corrected chi connectivity index (χ2v) is 6.11. The minimum atomic E-state index is -0.415. The fourth-order valence-electron chi connectivity index (χ4n) is 2.83. The lowest BCUT2D eigenvalue weighted by Gasteiger charge is -2.27. The molecule has 1 fully saturated rings. The van der Waals surface area contributed by atoms with Crippen LogP contribution in [-0.4, -0.2) is 28.3 Å². The third-order valence-electron chi connectivity index (χ3n) is 3.83. The van der Waals surface area contributed by atoms with Gasteiger partial charge >= 0.3 is 0 Å². The number of amides is 1. The van der Waals surface area contributed by atoms with Crippen molar-refractivity contribution in [3.05, 3.63) is 38.3 Å². The van der Waals surface area contributed by atoms with Gasteiger partial charge in [0.2, 0.25) is 5.91 Å². The monoisotopic (exact) mass is 355 g/mol. The average molecular weight is 356 g/mol. The van der Waals surface area contributed by atoms with Crippen molar-refractivity contribution in [3.8, 4) is 0 Å². The van der Waals surface area contributed by atoms with E-state index in [9.17, 15) is 14.9 Å². The average Bonchev–Trinajstić information content (AvgIpc) is 2.93. The van der Waals surface area contributed by atoms with E-state index in [4.69, 9.17) is 5.73 Å². The molecular formula is C14H18BrN3O3. The van der Waals surface area contributed by atoms with Crippen LogP contribution in [-0.2, 0) is 11.3 Å². The summed E-state index contributed by atoms with van der Waals surface area (Å²) in [6, 6.07) is 5.28. The Morgan fingerprint density at radius 2 is 2.10 bits per heavy atom. The van der Waals surface area contributed by atoms with Gasteiger partial charge in [0.15, 0.2) is 0 Å². The molecule has 2 N–H and O–H groups in total. The smallest absolute Gasteiger partial charge is 0.283 e. The van der Waals surface area contributed by atoms with E-state index in [1.165, 1.54) is 6.07 Å². The number of nitrogens with two attached hydrogens (primary N) is 1. The molecule has 0 bridgehead atoms. The number of primary amides is 1. The molecule has 7 heteroatoms. The standard InChI is InChI=1S/C14H18BrN3O3/c15-14-10(4-3-7-12(14)18(20)21)8-17(9-13(16)19)11-5-1-2-6-11/h3-4,7,11H,1-2,5-6,8-9H2,(H2,16,19). The third-order valence-corrected chi connectivity index (χ3v) is 4.74. The number of carbonyl (C=O) groups is 1. The summed E-state index contributed by atoms with van der Waals surface area (Å²) >= 11 is 3.30. The summed E-state index contributed by atoms with van der Waals surface area (Å²) in [5, 5.41) is 11.0. The van der Waals surface area contributed by atoms with Gasteiger partial charge in [-0.3, -0.25) is 19.8 Å². The topological polar surface area (TPSA) is 89.5 Å². The van der Waals surface area contributed by atoms with Crippen LogP contribution in [0.2, 0.25) is 0 Å². The van der Waals surface area contributed by atoms with Crippen molar-refractivity contribution in [2.75, 3.05) is 6.54 Å². The van der Waals surface area contributed by atoms with Crippen molar-refractivity contribution in [3.63, 3.8) is 0 Å². The zero-order chi connectivity index (χ0) is 15.4. The molecule has 0 aromatic heterocycles. The maximum absolute atomic E-state index is 11.3. The highest BCUT2D eigenvalue weighted by molar-refractivity contribution is 9.10. The summed E-state index contributed by atoms with van der Waals surface area (Å²) in [7, 11) is 0. The lowest BCUT2D eigenvalue weighted by Crippen LogP contribution is -2.39. The highest BCUT2D eigenvalue weighted by atomic mass is 79.9. The Labute approximate surface area is 131 Å². The number of halogens is 1. The van der Waals surface area contributed by atoms with E-state index in [0.717, 1.165) is 31.2 Å². The number of hydrogen-bond donors (Lipinski definition) is 1. The highest BCUT2D eigenvalue weighted by Gasteiger charge is 2.25. The van der Waals surface area contributed by atoms with Gasteiger partial charge in [0.25, 0.3) is 5.69 Å². The number of nitro groups is 1. The Morgan fingerprint density at radius 1 is 1.43 bits per heavy atom. The van der Waals surface area contributed by atoms with Crippen LogP contribution in [0.4, 0.5) is 5.69 Å². The first-order valence-corrected chi connectivity index (χ1v) is 7.72. The summed E-state index contributed by atoms with van der Waals surface area (Å²) in [5.41, 5.74) is 6.17. The molecule has 1 aromatic rings. The van der Waals surface area contributed by atoms with E-state index in [1.54, 1.807) is 6.07 Å². The molecule has 0 radical (unpaired) electrons. The zero-order valence-electron chi connectivity index (χ0n) is 11.6. The molecule has 0 aliphatic heterocycles. The lowest BCUT2D eigenvalue weighted by molar-refractivity contribution is -0.385. The van der Waals surface area contributed by atoms with Crippen LogP contribution in [0.15, 0.2) is 22.7 Å². The number of nitro benzene ring substituents is 1. The van der Waals surface area contributed by atoms with Crippen molar-refractivity contribution in [1.29, 1.82) is 0 Å². The minimum absolute atomic E-state index is 0.0398. The van der Waals surface area contributed by atoms with Gasteiger partial charge in [-0.2, -0.15) is 0 Å². The number of benzene rings is 1. The predicted molar refractivity (Wildman–Crippen MR) is 82.7 cm³/mol. The van der Waals surface area contributed by atoms with Crippen molar-refractivity contribution >= 4 is 27.5 Å². The van der Waals surface area contributed by atoms with Crippen LogP contribution in [0.3, 0.4) is 0 Å². The van der Waals surface area contributed by atoms with Crippen LogP contribution in [0, 0.1) is 10.1 Å². The Kier molecular flexibility index (Phi) is 5.30. The molecule has 0 saturated heterocycles. The van der Waals surface area contributed by atoms with E-state index in [-0.39, 0.29) is 18.1 Å². The second-order valence-electron chi connectivity index (χ2n) is 5.32. The normalized spacial score (nSPS) is 15.5. The molecule has 1 aliphatic rings. The Bertz CT molecular complexity index is 544. The fraction of sp³-hybridized carbons (Fsp3) is 0.500. The van der Waals surface area contributed by atoms with Gasteiger partial charge in [0, 0.05) is 18.7 Å². The predicted octanol–water partition coefficient (Wildman–Crippen LogP) is 2.59. The van der Waals surface area contributed by atoms with E-state index in [0.29, 0.717) is 17.1 Å². The van der Waals surface area contributed by atoms with Gasteiger partial charge < -0.3 is 5.73 Å². The summed E-state index contributed by atoms with van der Waals surface area (Å²) in [6.07, 6.45) is 4.38. The highest BCUT2D eigenvalue weighted by Crippen LogP contribution is 2.31. The summed E-state index contributed by atoms with van der Waals surface area (Å²) < 4.78 is 0.475. The van der Waals surface area contributed by atoms with E-state index < -0.39 is 4.92 Å². The fourth-order valence-corrected chi connectivity index (χ4v) is 3.37. The van der Waals surface area contributed by atoms with Crippen LogP contribution < -0.4 is 5.73 Å². The van der Waals surface area contributed by atoms with Gasteiger partial charge in [-0.25, -0.2) is 0 Å². The first kappa shape index (κ1) is 15.9.